The summed E-state index contributed by atoms with van der Waals surface area (Å²) < 4.78 is 0. The van der Waals surface area contributed by atoms with Crippen LogP contribution in [0.4, 0.5) is 5.69 Å². The van der Waals surface area contributed by atoms with Crippen LogP contribution < -0.4 is 10.2 Å². The smallest absolute Gasteiger partial charge is 0.308 e. The van der Waals surface area contributed by atoms with Crippen LogP contribution in [0.25, 0.3) is 0 Å². The van der Waals surface area contributed by atoms with Crippen molar-refractivity contribution in [3.63, 3.8) is 0 Å². The molecule has 1 aromatic heterocycles. The molecule has 1 fully saturated rings. The van der Waals surface area contributed by atoms with Crippen molar-refractivity contribution < 1.29 is 14.7 Å². The van der Waals surface area contributed by atoms with Gasteiger partial charge in [0.25, 0.3) is 0 Å². The molecule has 0 spiro atoms. The van der Waals surface area contributed by atoms with Crippen molar-refractivity contribution in [1.82, 2.24) is 5.32 Å². The van der Waals surface area contributed by atoms with Gasteiger partial charge in [-0.05, 0) is 17.9 Å². The summed E-state index contributed by atoms with van der Waals surface area (Å²) >= 11 is 1.59. The number of carbonyl (C=O) groups excluding carboxylic acids is 1. The molecule has 2 unspecified atom stereocenters. The van der Waals surface area contributed by atoms with E-state index in [1.807, 2.05) is 35.6 Å². The largest absolute Gasteiger partial charge is 0.481 e. The van der Waals surface area contributed by atoms with Gasteiger partial charge in [-0.25, -0.2) is 0 Å². The van der Waals surface area contributed by atoms with E-state index in [4.69, 9.17) is 0 Å². The first-order valence-electron chi connectivity index (χ1n) is 6.77. The molecule has 5 nitrogen and oxygen atoms in total. The molecule has 20 heavy (non-hydrogen) atoms. The van der Waals surface area contributed by atoms with E-state index in [1.165, 1.54) is 0 Å². The van der Waals surface area contributed by atoms with Gasteiger partial charge in [0, 0.05) is 36.1 Å². The third-order valence-corrected chi connectivity index (χ3v) is 4.21. The number of nitrogens with one attached hydrogen (secondary N) is 1. The Morgan fingerprint density at radius 1 is 1.45 bits per heavy atom. The van der Waals surface area contributed by atoms with Gasteiger partial charge in [0.1, 0.15) is 0 Å². The first kappa shape index (κ1) is 14.8. The number of aliphatic carboxylic acids is 1. The van der Waals surface area contributed by atoms with Crippen molar-refractivity contribution in [2.45, 2.75) is 26.3 Å². The van der Waals surface area contributed by atoms with Crippen LogP contribution in [0.15, 0.2) is 16.8 Å². The standard InChI is InChI=1S/C14H20N2O3S/c1-9(2)13(17)15-11-5-10(14(18)19)6-16(7-11)12-3-4-20-8-12/h3-4,8-11H,5-7H2,1-2H3,(H,15,17)(H,18,19). The summed E-state index contributed by atoms with van der Waals surface area (Å²) in [5.41, 5.74) is 1.03. The van der Waals surface area contributed by atoms with Crippen LogP contribution in [0.2, 0.25) is 0 Å². The minimum Gasteiger partial charge on any atom is -0.481 e. The van der Waals surface area contributed by atoms with Crippen LogP contribution >= 0.6 is 11.3 Å². The molecular weight excluding hydrogens is 276 g/mol. The maximum Gasteiger partial charge on any atom is 0.308 e. The molecule has 0 bridgehead atoms. The molecule has 110 valence electrons. The third kappa shape index (κ3) is 3.50. The molecule has 0 aliphatic carbocycles. The van der Waals surface area contributed by atoms with E-state index < -0.39 is 11.9 Å². The number of hydrogen-bond donors (Lipinski definition) is 2. The number of amides is 1. The van der Waals surface area contributed by atoms with E-state index in [1.54, 1.807) is 11.3 Å². The van der Waals surface area contributed by atoms with E-state index in [-0.39, 0.29) is 17.9 Å². The zero-order valence-corrected chi connectivity index (χ0v) is 12.5. The molecule has 1 aromatic rings. The molecule has 2 atom stereocenters. The lowest BCUT2D eigenvalue weighted by Crippen LogP contribution is -2.53. The lowest BCUT2D eigenvalue weighted by Gasteiger charge is -2.37. The highest BCUT2D eigenvalue weighted by Gasteiger charge is 2.32. The molecule has 1 amide bonds. The van der Waals surface area contributed by atoms with Crippen molar-refractivity contribution >= 4 is 28.9 Å². The molecule has 2 heterocycles. The molecule has 0 radical (unpaired) electrons. The zero-order valence-electron chi connectivity index (χ0n) is 11.7. The number of piperidine rings is 1. The van der Waals surface area contributed by atoms with Crippen LogP contribution in [0, 0.1) is 11.8 Å². The van der Waals surface area contributed by atoms with Crippen molar-refractivity contribution in [2.24, 2.45) is 11.8 Å². The zero-order chi connectivity index (χ0) is 14.7. The van der Waals surface area contributed by atoms with Gasteiger partial charge in [-0.15, -0.1) is 0 Å². The highest BCUT2D eigenvalue weighted by molar-refractivity contribution is 7.08. The number of carboxylic acids is 1. The monoisotopic (exact) mass is 296 g/mol. The average molecular weight is 296 g/mol. The molecule has 1 aliphatic heterocycles. The quantitative estimate of drug-likeness (QED) is 0.889. The topological polar surface area (TPSA) is 69.6 Å². The Kier molecular flexibility index (Phi) is 4.65. The normalized spacial score (nSPS) is 22.9. The van der Waals surface area contributed by atoms with Gasteiger partial charge in [-0.2, -0.15) is 11.3 Å². The molecule has 0 saturated carbocycles. The number of anilines is 1. The van der Waals surface area contributed by atoms with Gasteiger partial charge >= 0.3 is 5.97 Å². The summed E-state index contributed by atoms with van der Waals surface area (Å²) in [5.74, 6) is -1.35. The molecule has 1 saturated heterocycles. The van der Waals surface area contributed by atoms with E-state index in [2.05, 4.69) is 5.32 Å². The Hall–Kier alpha value is -1.56. The summed E-state index contributed by atoms with van der Waals surface area (Å²) in [5, 5.41) is 16.2. The Bertz CT molecular complexity index is 473. The first-order chi connectivity index (χ1) is 9.47. The SMILES string of the molecule is CC(C)C(=O)NC1CC(C(=O)O)CN(c2ccsc2)C1. The number of carboxylic acid groups (broad SMARTS) is 1. The van der Waals surface area contributed by atoms with Gasteiger partial charge < -0.3 is 15.3 Å². The number of hydrogen-bond acceptors (Lipinski definition) is 4. The molecule has 2 N–H and O–H groups in total. The van der Waals surface area contributed by atoms with Crippen LogP contribution in [-0.4, -0.2) is 36.1 Å². The fourth-order valence-corrected chi connectivity index (χ4v) is 3.06. The lowest BCUT2D eigenvalue weighted by molar-refractivity contribution is -0.142. The van der Waals surface area contributed by atoms with Crippen LogP contribution in [0.3, 0.4) is 0 Å². The molecular formula is C14H20N2O3S. The Morgan fingerprint density at radius 3 is 2.75 bits per heavy atom. The van der Waals surface area contributed by atoms with Gasteiger partial charge in [0.15, 0.2) is 0 Å². The molecule has 0 aromatic carbocycles. The van der Waals surface area contributed by atoms with Crippen LogP contribution in [0.1, 0.15) is 20.3 Å². The van der Waals surface area contributed by atoms with Gasteiger partial charge in [0.05, 0.1) is 5.92 Å². The average Bonchev–Trinajstić information content (AvgIpc) is 2.92. The Labute approximate surface area is 122 Å². The second-order valence-electron chi connectivity index (χ2n) is 5.52. The van der Waals surface area contributed by atoms with E-state index >= 15 is 0 Å². The number of thiophene rings is 1. The lowest BCUT2D eigenvalue weighted by atomic mass is 9.93. The maximum absolute atomic E-state index is 11.8. The van der Waals surface area contributed by atoms with E-state index in [9.17, 15) is 14.7 Å². The maximum atomic E-state index is 11.8. The van der Waals surface area contributed by atoms with E-state index in [0.717, 1.165) is 5.69 Å². The van der Waals surface area contributed by atoms with Crippen molar-refractivity contribution in [2.75, 3.05) is 18.0 Å². The second kappa shape index (κ2) is 6.26. The number of carbonyl (C=O) groups is 2. The fourth-order valence-electron chi connectivity index (χ4n) is 2.40. The summed E-state index contributed by atoms with van der Waals surface area (Å²) in [6.07, 6.45) is 0.494. The third-order valence-electron chi connectivity index (χ3n) is 3.54. The minimum absolute atomic E-state index is 0.0219. The Balaban J connectivity index is 2.08. The first-order valence-corrected chi connectivity index (χ1v) is 7.72. The number of nitrogens with zero attached hydrogens (tertiary/aromatic N) is 1. The van der Waals surface area contributed by atoms with Gasteiger partial charge in [-0.3, -0.25) is 9.59 Å². The number of rotatable bonds is 4. The van der Waals surface area contributed by atoms with Crippen molar-refractivity contribution in [3.05, 3.63) is 16.8 Å². The predicted octanol–water partition coefficient (Wildman–Crippen LogP) is 1.80. The van der Waals surface area contributed by atoms with E-state index in [0.29, 0.717) is 19.5 Å². The van der Waals surface area contributed by atoms with Gasteiger partial charge in [-0.1, -0.05) is 13.8 Å². The molecule has 1 aliphatic rings. The Morgan fingerprint density at radius 2 is 2.20 bits per heavy atom. The van der Waals surface area contributed by atoms with Crippen LogP contribution in [-0.2, 0) is 9.59 Å². The summed E-state index contributed by atoms with van der Waals surface area (Å²) in [6, 6.07) is 1.87. The second-order valence-corrected chi connectivity index (χ2v) is 6.30. The van der Waals surface area contributed by atoms with Gasteiger partial charge in [0.2, 0.25) is 5.91 Å². The highest BCUT2D eigenvalue weighted by Crippen LogP contribution is 2.25. The molecule has 2 rings (SSSR count). The van der Waals surface area contributed by atoms with Crippen LogP contribution in [0.5, 0.6) is 0 Å². The minimum atomic E-state index is -0.797. The molecule has 6 heteroatoms. The summed E-state index contributed by atoms with van der Waals surface area (Å²) in [7, 11) is 0. The summed E-state index contributed by atoms with van der Waals surface area (Å²) in [4.78, 5) is 25.1. The highest BCUT2D eigenvalue weighted by atomic mass is 32.1. The summed E-state index contributed by atoms with van der Waals surface area (Å²) in [6.45, 7) is 4.84. The fraction of sp³-hybridized carbons (Fsp3) is 0.571. The van der Waals surface area contributed by atoms with Crippen molar-refractivity contribution in [1.29, 1.82) is 0 Å². The van der Waals surface area contributed by atoms with Crippen molar-refractivity contribution in [3.8, 4) is 0 Å². The predicted molar refractivity (Wildman–Crippen MR) is 79.0 cm³/mol.